The average Bonchev–Trinajstić information content (AvgIpc) is 2.40. The van der Waals surface area contributed by atoms with Gasteiger partial charge in [0, 0.05) is 12.6 Å². The van der Waals surface area contributed by atoms with Crippen molar-refractivity contribution in [3.8, 4) is 0 Å². The van der Waals surface area contributed by atoms with E-state index < -0.39 is 23.1 Å². The van der Waals surface area contributed by atoms with Crippen molar-refractivity contribution in [1.29, 1.82) is 0 Å². The van der Waals surface area contributed by atoms with Crippen molar-refractivity contribution in [2.45, 2.75) is 39.2 Å². The van der Waals surface area contributed by atoms with Gasteiger partial charge in [-0.1, -0.05) is 13.8 Å². The lowest BCUT2D eigenvalue weighted by molar-refractivity contribution is 0.0891. The first kappa shape index (κ1) is 18.8. The maximum absolute atomic E-state index is 13.6. The highest BCUT2D eigenvalue weighted by Gasteiger charge is 2.28. The molecule has 0 aliphatic heterocycles. The zero-order chi connectivity index (χ0) is 14.6. The largest absolute Gasteiger partial charge is 0.345 e. The van der Waals surface area contributed by atoms with Gasteiger partial charge in [-0.15, -0.1) is 12.4 Å². The Hall–Kier alpha value is -1.20. The van der Waals surface area contributed by atoms with Crippen LogP contribution in [0.3, 0.4) is 0 Å². The highest BCUT2D eigenvalue weighted by Crippen LogP contribution is 2.18. The van der Waals surface area contributed by atoms with E-state index in [0.29, 0.717) is 12.8 Å². The molecule has 0 fully saturated rings. The Labute approximate surface area is 124 Å². The van der Waals surface area contributed by atoms with Crippen molar-refractivity contribution >= 4 is 18.3 Å². The number of nitrogens with two attached hydrogens (primary N) is 1. The summed E-state index contributed by atoms with van der Waals surface area (Å²) in [5.41, 5.74) is 5.21. The summed E-state index contributed by atoms with van der Waals surface area (Å²) in [6.07, 6.45) is 1.29. The summed E-state index contributed by atoms with van der Waals surface area (Å²) in [4.78, 5) is 12.1. The molecule has 0 atom stereocenters. The molecule has 6 heteroatoms. The number of benzene rings is 1. The number of nitrogens with one attached hydrogen (secondary N) is 1. The van der Waals surface area contributed by atoms with Gasteiger partial charge in [0.2, 0.25) is 0 Å². The molecule has 0 aromatic heterocycles. The van der Waals surface area contributed by atoms with E-state index in [2.05, 4.69) is 5.32 Å². The van der Waals surface area contributed by atoms with E-state index in [9.17, 15) is 13.6 Å². The van der Waals surface area contributed by atoms with Crippen LogP contribution in [0.2, 0.25) is 0 Å². The van der Waals surface area contributed by atoms with Gasteiger partial charge in [0.15, 0.2) is 0 Å². The van der Waals surface area contributed by atoms with E-state index in [1.807, 2.05) is 13.8 Å². The minimum Gasteiger partial charge on any atom is -0.345 e. The fraction of sp³-hybridized carbons (Fsp3) is 0.500. The number of hydrogen-bond donors (Lipinski definition) is 2. The SMILES string of the molecule is CCC(CC)(CN)NC(=O)c1cc(C)c(F)cc1F.Cl. The molecule has 1 rings (SSSR count). The molecule has 20 heavy (non-hydrogen) atoms. The van der Waals surface area contributed by atoms with E-state index in [1.54, 1.807) is 0 Å². The predicted molar refractivity (Wildman–Crippen MR) is 78.2 cm³/mol. The van der Waals surface area contributed by atoms with E-state index >= 15 is 0 Å². The Morgan fingerprint density at radius 2 is 1.80 bits per heavy atom. The third-order valence-electron chi connectivity index (χ3n) is 3.62. The Morgan fingerprint density at radius 3 is 2.25 bits per heavy atom. The van der Waals surface area contributed by atoms with Gasteiger partial charge in [-0.05, 0) is 31.4 Å². The Morgan fingerprint density at radius 1 is 1.25 bits per heavy atom. The Kier molecular flexibility index (Phi) is 7.09. The first-order valence-electron chi connectivity index (χ1n) is 6.37. The second-order valence-corrected chi connectivity index (χ2v) is 4.73. The molecule has 0 aliphatic carbocycles. The molecule has 0 radical (unpaired) electrons. The molecule has 0 unspecified atom stereocenters. The van der Waals surface area contributed by atoms with E-state index in [-0.39, 0.29) is 30.1 Å². The summed E-state index contributed by atoms with van der Waals surface area (Å²) in [6, 6.07) is 1.94. The number of carbonyl (C=O) groups excluding carboxylic acids is 1. The highest BCUT2D eigenvalue weighted by molar-refractivity contribution is 5.95. The van der Waals surface area contributed by atoms with Crippen LogP contribution in [0.1, 0.15) is 42.6 Å². The van der Waals surface area contributed by atoms with Crippen molar-refractivity contribution in [1.82, 2.24) is 5.32 Å². The van der Waals surface area contributed by atoms with Crippen molar-refractivity contribution in [3.05, 3.63) is 34.9 Å². The number of aryl methyl sites for hydroxylation is 1. The van der Waals surface area contributed by atoms with Crippen LogP contribution in [0.4, 0.5) is 8.78 Å². The molecule has 1 aromatic rings. The molecule has 0 saturated heterocycles. The van der Waals surface area contributed by atoms with Gasteiger partial charge in [0.1, 0.15) is 11.6 Å². The molecule has 0 heterocycles. The quantitative estimate of drug-likeness (QED) is 0.879. The molecule has 3 N–H and O–H groups in total. The van der Waals surface area contributed by atoms with E-state index in [0.717, 1.165) is 6.07 Å². The predicted octanol–water partition coefficient (Wildman–Crippen LogP) is 2.94. The van der Waals surface area contributed by atoms with Crippen LogP contribution < -0.4 is 11.1 Å². The van der Waals surface area contributed by atoms with Gasteiger partial charge in [0.05, 0.1) is 11.1 Å². The third kappa shape index (κ3) is 3.90. The molecule has 0 saturated carbocycles. The molecule has 114 valence electrons. The number of rotatable bonds is 5. The number of halogens is 3. The zero-order valence-electron chi connectivity index (χ0n) is 11.9. The maximum Gasteiger partial charge on any atom is 0.254 e. The van der Waals surface area contributed by atoms with E-state index in [4.69, 9.17) is 5.73 Å². The van der Waals surface area contributed by atoms with Crippen LogP contribution >= 0.6 is 12.4 Å². The Bertz CT molecular complexity index is 468. The maximum atomic E-state index is 13.6. The number of hydrogen-bond acceptors (Lipinski definition) is 2. The summed E-state index contributed by atoms with van der Waals surface area (Å²) in [7, 11) is 0. The minimum atomic E-state index is -0.862. The first-order chi connectivity index (χ1) is 8.89. The van der Waals surface area contributed by atoms with Gasteiger partial charge >= 0.3 is 0 Å². The second-order valence-electron chi connectivity index (χ2n) is 4.73. The van der Waals surface area contributed by atoms with Crippen molar-refractivity contribution < 1.29 is 13.6 Å². The summed E-state index contributed by atoms with van der Waals surface area (Å²) in [5.74, 6) is -2.08. The van der Waals surface area contributed by atoms with Gasteiger partial charge in [-0.25, -0.2) is 8.78 Å². The third-order valence-corrected chi connectivity index (χ3v) is 3.62. The van der Waals surface area contributed by atoms with Crippen LogP contribution in [0.15, 0.2) is 12.1 Å². The van der Waals surface area contributed by atoms with Gasteiger partial charge in [-0.2, -0.15) is 0 Å². The second kappa shape index (κ2) is 7.55. The van der Waals surface area contributed by atoms with Gasteiger partial charge < -0.3 is 11.1 Å². The lowest BCUT2D eigenvalue weighted by Crippen LogP contribution is -2.53. The van der Waals surface area contributed by atoms with Gasteiger partial charge in [0.25, 0.3) is 5.91 Å². The normalized spacial score (nSPS) is 10.9. The highest BCUT2D eigenvalue weighted by atomic mass is 35.5. The van der Waals surface area contributed by atoms with Crippen LogP contribution in [0.5, 0.6) is 0 Å². The zero-order valence-corrected chi connectivity index (χ0v) is 12.7. The number of carbonyl (C=O) groups is 1. The standard InChI is InChI=1S/C14H20F2N2O.ClH/c1-4-14(5-2,8-17)18-13(19)10-6-9(3)11(15)7-12(10)16;/h6-7H,4-5,8,17H2,1-3H3,(H,18,19);1H. The smallest absolute Gasteiger partial charge is 0.254 e. The average molecular weight is 307 g/mol. The topological polar surface area (TPSA) is 55.1 Å². The Balaban J connectivity index is 0.00000361. The molecule has 0 bridgehead atoms. The van der Waals surface area contributed by atoms with Crippen molar-refractivity contribution in [3.63, 3.8) is 0 Å². The molecule has 3 nitrogen and oxygen atoms in total. The minimum absolute atomic E-state index is 0. The van der Waals surface area contributed by atoms with Crippen LogP contribution in [0, 0.1) is 18.6 Å². The molecule has 0 aliphatic rings. The van der Waals surface area contributed by atoms with E-state index in [1.165, 1.54) is 13.0 Å². The monoisotopic (exact) mass is 306 g/mol. The van der Waals surface area contributed by atoms with Crippen LogP contribution in [0.25, 0.3) is 0 Å². The van der Waals surface area contributed by atoms with Gasteiger partial charge in [-0.3, -0.25) is 4.79 Å². The summed E-state index contributed by atoms with van der Waals surface area (Å²) < 4.78 is 26.8. The first-order valence-corrected chi connectivity index (χ1v) is 6.37. The molecule has 0 spiro atoms. The van der Waals surface area contributed by atoms with Crippen LogP contribution in [-0.2, 0) is 0 Å². The summed E-state index contributed by atoms with van der Waals surface area (Å²) in [6.45, 7) is 5.57. The molecule has 1 amide bonds. The van der Waals surface area contributed by atoms with Crippen LogP contribution in [-0.4, -0.2) is 18.0 Å². The number of amides is 1. The summed E-state index contributed by atoms with van der Waals surface area (Å²) in [5, 5.41) is 2.76. The lowest BCUT2D eigenvalue weighted by atomic mass is 9.92. The molecule has 1 aromatic carbocycles. The fourth-order valence-electron chi connectivity index (χ4n) is 1.91. The van der Waals surface area contributed by atoms with Crippen molar-refractivity contribution in [2.75, 3.05) is 6.54 Å². The lowest BCUT2D eigenvalue weighted by Gasteiger charge is -2.31. The summed E-state index contributed by atoms with van der Waals surface area (Å²) >= 11 is 0. The van der Waals surface area contributed by atoms with Crippen molar-refractivity contribution in [2.24, 2.45) is 5.73 Å². The molecular formula is C14H21ClF2N2O. The molecular weight excluding hydrogens is 286 g/mol. The fourth-order valence-corrected chi connectivity index (χ4v) is 1.91.